The molecule has 1 spiro atoms. The Morgan fingerprint density at radius 1 is 0.875 bits per heavy atom. The number of ether oxygens (including phenoxy) is 1. The Hall–Kier alpha value is -2.59. The lowest BCUT2D eigenvalue weighted by Crippen LogP contribution is -2.54. The fourth-order valence-electron chi connectivity index (χ4n) is 4.50. The second kappa shape index (κ2) is 8.40. The molecule has 0 bridgehead atoms. The van der Waals surface area contributed by atoms with Crippen LogP contribution in [0.3, 0.4) is 0 Å². The zero-order valence-corrected chi connectivity index (χ0v) is 18.0. The van der Waals surface area contributed by atoms with E-state index < -0.39 is 21.8 Å². The highest BCUT2D eigenvalue weighted by molar-refractivity contribution is 7.89. The van der Waals surface area contributed by atoms with Gasteiger partial charge in [-0.3, -0.25) is 4.79 Å². The Morgan fingerprint density at radius 3 is 2.09 bits per heavy atom. The molecule has 0 N–H and O–H groups in total. The Balaban J connectivity index is 1.47. The molecule has 0 radical (unpaired) electrons. The van der Waals surface area contributed by atoms with E-state index in [1.165, 1.54) is 28.6 Å². The van der Waals surface area contributed by atoms with Gasteiger partial charge < -0.3 is 9.64 Å². The van der Waals surface area contributed by atoms with Crippen LogP contribution in [0.4, 0.5) is 18.9 Å². The molecule has 0 saturated carbocycles. The molecule has 10 heteroatoms. The summed E-state index contributed by atoms with van der Waals surface area (Å²) >= 11 is 0. The summed E-state index contributed by atoms with van der Waals surface area (Å²) in [6.45, 7) is 0.955. The maximum absolute atomic E-state index is 13.4. The fraction of sp³-hybridized carbons (Fsp3) is 0.409. The summed E-state index contributed by atoms with van der Waals surface area (Å²) in [4.78, 5) is 15.2. The second-order valence-corrected chi connectivity index (χ2v) is 10.0. The first kappa shape index (κ1) is 22.6. The van der Waals surface area contributed by atoms with Crippen LogP contribution in [0.2, 0.25) is 0 Å². The average Bonchev–Trinajstić information content (AvgIpc) is 2.76. The van der Waals surface area contributed by atoms with Crippen molar-refractivity contribution in [2.45, 2.75) is 36.9 Å². The molecule has 2 heterocycles. The maximum Gasteiger partial charge on any atom is 0.573 e. The number of piperidine rings is 2. The van der Waals surface area contributed by atoms with Gasteiger partial charge >= 0.3 is 6.36 Å². The van der Waals surface area contributed by atoms with E-state index in [1.807, 2.05) is 0 Å². The van der Waals surface area contributed by atoms with Crippen LogP contribution in [0.25, 0.3) is 0 Å². The van der Waals surface area contributed by atoms with Gasteiger partial charge in [-0.05, 0) is 62.1 Å². The third-order valence-corrected chi connectivity index (χ3v) is 8.09. The number of halogens is 3. The highest BCUT2D eigenvalue weighted by Crippen LogP contribution is 2.43. The molecule has 0 aliphatic carbocycles. The number of hydrogen-bond donors (Lipinski definition) is 0. The zero-order chi connectivity index (χ0) is 23.0. The molecule has 2 aromatic rings. The molecule has 32 heavy (non-hydrogen) atoms. The minimum Gasteiger partial charge on any atom is -0.406 e. The highest BCUT2D eigenvalue weighted by Gasteiger charge is 2.47. The van der Waals surface area contributed by atoms with Crippen LogP contribution in [-0.4, -0.2) is 44.6 Å². The third-order valence-electron chi connectivity index (χ3n) is 6.18. The van der Waals surface area contributed by atoms with E-state index in [2.05, 4.69) is 4.74 Å². The summed E-state index contributed by atoms with van der Waals surface area (Å²) in [7, 11) is -3.62. The number of amides is 1. The molecule has 0 unspecified atom stereocenters. The van der Waals surface area contributed by atoms with Gasteiger partial charge in [0.25, 0.3) is 0 Å². The topological polar surface area (TPSA) is 66.9 Å². The van der Waals surface area contributed by atoms with E-state index in [1.54, 1.807) is 35.2 Å². The number of rotatable bonds is 4. The summed E-state index contributed by atoms with van der Waals surface area (Å²) < 4.78 is 68.3. The summed E-state index contributed by atoms with van der Waals surface area (Å²) in [5, 5.41) is 0. The lowest BCUT2D eigenvalue weighted by Gasteiger charge is -2.46. The van der Waals surface area contributed by atoms with Crippen LogP contribution in [0.1, 0.15) is 25.7 Å². The van der Waals surface area contributed by atoms with Crippen molar-refractivity contribution in [3.8, 4) is 5.75 Å². The lowest BCUT2D eigenvalue weighted by atomic mass is 9.72. The van der Waals surface area contributed by atoms with Gasteiger partial charge in [-0.2, -0.15) is 4.31 Å². The normalized spacial score (nSPS) is 19.8. The number of anilines is 1. The number of nitrogens with zero attached hydrogens (tertiary/aromatic N) is 2. The molecule has 0 aromatic heterocycles. The largest absolute Gasteiger partial charge is 0.573 e. The maximum atomic E-state index is 13.4. The van der Waals surface area contributed by atoms with Gasteiger partial charge in [0.15, 0.2) is 0 Å². The second-order valence-electron chi connectivity index (χ2n) is 8.10. The molecule has 2 aromatic carbocycles. The molecular formula is C22H23F3N2O4S. The van der Waals surface area contributed by atoms with Crippen LogP contribution in [0, 0.1) is 5.41 Å². The van der Waals surface area contributed by atoms with E-state index in [-0.39, 0.29) is 29.6 Å². The minimum absolute atomic E-state index is 0.106. The summed E-state index contributed by atoms with van der Waals surface area (Å²) in [6, 6.07) is 13.5. The van der Waals surface area contributed by atoms with Crippen molar-refractivity contribution in [1.82, 2.24) is 4.31 Å². The van der Waals surface area contributed by atoms with Crippen molar-refractivity contribution in [3.63, 3.8) is 0 Å². The molecule has 172 valence electrons. The van der Waals surface area contributed by atoms with Crippen LogP contribution in [0.5, 0.6) is 5.75 Å². The van der Waals surface area contributed by atoms with Crippen LogP contribution in [0.15, 0.2) is 59.5 Å². The van der Waals surface area contributed by atoms with Gasteiger partial charge in [-0.25, -0.2) is 8.42 Å². The van der Waals surface area contributed by atoms with Gasteiger partial charge in [-0.1, -0.05) is 18.2 Å². The number of benzene rings is 2. The van der Waals surface area contributed by atoms with Gasteiger partial charge in [0.05, 0.1) is 10.3 Å². The molecule has 2 saturated heterocycles. The van der Waals surface area contributed by atoms with Crippen molar-refractivity contribution in [1.29, 1.82) is 0 Å². The standard InChI is InChI=1S/C22H23F3N2O4S/c23-22(24,25)31-18-9-7-17(8-10-18)27-14-4-11-21(20(27)28)12-15-26(16-13-21)32(29,30)19-5-2-1-3-6-19/h1-3,5-10H,4,11-16H2. The van der Waals surface area contributed by atoms with E-state index in [0.29, 0.717) is 31.5 Å². The smallest absolute Gasteiger partial charge is 0.406 e. The molecule has 2 aliphatic rings. The summed E-state index contributed by atoms with van der Waals surface area (Å²) in [5.74, 6) is -0.454. The zero-order valence-electron chi connectivity index (χ0n) is 17.2. The molecule has 4 rings (SSSR count). The minimum atomic E-state index is -4.78. The Morgan fingerprint density at radius 2 is 1.50 bits per heavy atom. The number of carbonyl (C=O) groups excluding carboxylic acids is 1. The predicted octanol–water partition coefficient (Wildman–Crippen LogP) is 4.18. The van der Waals surface area contributed by atoms with Crippen molar-refractivity contribution in [2.24, 2.45) is 5.41 Å². The molecule has 6 nitrogen and oxygen atoms in total. The van der Waals surface area contributed by atoms with E-state index in [9.17, 15) is 26.4 Å². The molecular weight excluding hydrogens is 445 g/mol. The Kier molecular flexibility index (Phi) is 5.93. The first-order chi connectivity index (χ1) is 15.1. The van der Waals surface area contributed by atoms with Crippen molar-refractivity contribution in [2.75, 3.05) is 24.5 Å². The van der Waals surface area contributed by atoms with E-state index in [4.69, 9.17) is 0 Å². The fourth-order valence-corrected chi connectivity index (χ4v) is 5.97. The SMILES string of the molecule is O=C1N(c2ccc(OC(F)(F)F)cc2)CCCC12CCN(S(=O)(=O)c1ccccc1)CC2. The number of sulfonamides is 1. The molecule has 2 aliphatic heterocycles. The van der Waals surface area contributed by atoms with E-state index >= 15 is 0 Å². The van der Waals surface area contributed by atoms with Gasteiger partial charge in [-0.15, -0.1) is 13.2 Å². The number of carbonyl (C=O) groups is 1. The van der Waals surface area contributed by atoms with Gasteiger partial charge in [0.1, 0.15) is 5.75 Å². The summed E-state index contributed by atoms with van der Waals surface area (Å²) in [6.07, 6.45) is -2.57. The predicted molar refractivity (Wildman–Crippen MR) is 112 cm³/mol. The first-order valence-electron chi connectivity index (χ1n) is 10.3. The van der Waals surface area contributed by atoms with Gasteiger partial charge in [0.2, 0.25) is 15.9 Å². The quantitative estimate of drug-likeness (QED) is 0.675. The van der Waals surface area contributed by atoms with Crippen LogP contribution < -0.4 is 9.64 Å². The Bertz CT molecular complexity index is 1060. The third kappa shape index (κ3) is 4.47. The number of hydrogen-bond acceptors (Lipinski definition) is 4. The molecule has 1 amide bonds. The lowest BCUT2D eigenvalue weighted by molar-refractivity contribution is -0.274. The molecule has 2 fully saturated rings. The molecule has 0 atom stereocenters. The first-order valence-corrected chi connectivity index (χ1v) is 11.8. The van der Waals surface area contributed by atoms with Crippen molar-refractivity contribution >= 4 is 21.6 Å². The van der Waals surface area contributed by atoms with Crippen LogP contribution in [-0.2, 0) is 14.8 Å². The average molecular weight is 468 g/mol. The van der Waals surface area contributed by atoms with Gasteiger partial charge in [0, 0.05) is 25.3 Å². The van der Waals surface area contributed by atoms with E-state index in [0.717, 1.165) is 6.42 Å². The van der Waals surface area contributed by atoms with Crippen molar-refractivity contribution in [3.05, 3.63) is 54.6 Å². The highest BCUT2D eigenvalue weighted by atomic mass is 32.2. The summed E-state index contributed by atoms with van der Waals surface area (Å²) in [5.41, 5.74) is -0.162. The van der Waals surface area contributed by atoms with Crippen LogP contribution >= 0.6 is 0 Å². The van der Waals surface area contributed by atoms with Crippen molar-refractivity contribution < 1.29 is 31.1 Å². The number of alkyl halides is 3. The monoisotopic (exact) mass is 468 g/mol. The Labute approximate surface area is 184 Å².